The summed E-state index contributed by atoms with van der Waals surface area (Å²) in [5.74, 6) is -0.674. The second-order valence-electron chi connectivity index (χ2n) is 5.82. The van der Waals surface area contributed by atoms with E-state index in [9.17, 15) is 14.7 Å². The lowest BCUT2D eigenvalue weighted by Crippen LogP contribution is -2.21. The van der Waals surface area contributed by atoms with Gasteiger partial charge in [-0.25, -0.2) is 4.79 Å². The summed E-state index contributed by atoms with van der Waals surface area (Å²) in [4.78, 5) is 22.6. The number of cyclic esters (lactones) is 1. The quantitative estimate of drug-likeness (QED) is 0.604. The van der Waals surface area contributed by atoms with E-state index >= 15 is 0 Å². The molecule has 6 heteroatoms. The molecule has 1 heterocycles. The van der Waals surface area contributed by atoms with Crippen molar-refractivity contribution in [2.45, 2.75) is 39.7 Å². The largest absolute Gasteiger partial charge is 0.550 e. The number of hydrogen-bond acceptors (Lipinski definition) is 6. The van der Waals surface area contributed by atoms with E-state index in [4.69, 9.17) is 9.47 Å². The van der Waals surface area contributed by atoms with Gasteiger partial charge < -0.3 is 24.7 Å². The lowest BCUT2D eigenvalue weighted by molar-refractivity contribution is -0.305. The normalized spacial score (nSPS) is 13.5. The van der Waals surface area contributed by atoms with E-state index in [-0.39, 0.29) is 19.0 Å². The standard InChI is InChI=1S/C18H23NO5/c1-10(6-8-14(20)21)5-7-12-16(19-3)15-13(9-24-18(15)22)11(2)17(12)23-4/h5,19H,6-9H2,1-4H3,(H,20,21)/p-1/b10-5+. The molecular weight excluding hydrogens is 310 g/mol. The number of esters is 1. The van der Waals surface area contributed by atoms with Crippen LogP contribution in [-0.2, 0) is 22.6 Å². The number of carbonyl (C=O) groups excluding carboxylic acids is 2. The maximum atomic E-state index is 12.1. The number of carboxylic acids is 1. The van der Waals surface area contributed by atoms with Crippen LogP contribution in [0.5, 0.6) is 5.75 Å². The zero-order valence-electron chi connectivity index (χ0n) is 14.4. The molecule has 24 heavy (non-hydrogen) atoms. The van der Waals surface area contributed by atoms with Crippen molar-refractivity contribution >= 4 is 17.6 Å². The topological polar surface area (TPSA) is 87.7 Å². The van der Waals surface area contributed by atoms with E-state index in [2.05, 4.69) is 5.32 Å². The average Bonchev–Trinajstić information content (AvgIpc) is 2.93. The molecule has 0 radical (unpaired) electrons. The van der Waals surface area contributed by atoms with Gasteiger partial charge in [-0.05, 0) is 38.7 Å². The number of rotatable bonds is 7. The first kappa shape index (κ1) is 17.8. The number of methoxy groups -OCH3 is 1. The molecule has 0 aliphatic carbocycles. The molecule has 0 unspecified atom stereocenters. The highest BCUT2D eigenvalue weighted by Gasteiger charge is 2.31. The van der Waals surface area contributed by atoms with Gasteiger partial charge in [-0.3, -0.25) is 0 Å². The summed E-state index contributed by atoms with van der Waals surface area (Å²) >= 11 is 0. The number of hydrogen-bond donors (Lipinski definition) is 1. The Balaban J connectivity index is 2.43. The summed E-state index contributed by atoms with van der Waals surface area (Å²) in [6.07, 6.45) is 2.91. The van der Waals surface area contributed by atoms with Crippen molar-refractivity contribution in [2.24, 2.45) is 0 Å². The first-order chi connectivity index (χ1) is 11.4. The van der Waals surface area contributed by atoms with Gasteiger partial charge in [0.1, 0.15) is 12.4 Å². The van der Waals surface area contributed by atoms with E-state index in [0.717, 1.165) is 28.0 Å². The van der Waals surface area contributed by atoms with Gasteiger partial charge in [0.05, 0.1) is 18.4 Å². The minimum Gasteiger partial charge on any atom is -0.550 e. The number of benzene rings is 1. The van der Waals surface area contributed by atoms with Gasteiger partial charge in [0.15, 0.2) is 0 Å². The van der Waals surface area contributed by atoms with Crippen molar-refractivity contribution in [3.05, 3.63) is 33.9 Å². The number of ether oxygens (including phenoxy) is 2. The maximum Gasteiger partial charge on any atom is 0.341 e. The van der Waals surface area contributed by atoms with Crippen LogP contribution in [0, 0.1) is 6.92 Å². The summed E-state index contributed by atoms with van der Waals surface area (Å²) in [6, 6.07) is 0. The van der Waals surface area contributed by atoms with Crippen LogP contribution in [0.3, 0.4) is 0 Å². The number of anilines is 1. The summed E-state index contributed by atoms with van der Waals surface area (Å²) in [5, 5.41) is 13.7. The molecule has 0 fully saturated rings. The maximum absolute atomic E-state index is 12.1. The van der Waals surface area contributed by atoms with Gasteiger partial charge in [0.2, 0.25) is 0 Å². The van der Waals surface area contributed by atoms with E-state index < -0.39 is 5.97 Å². The van der Waals surface area contributed by atoms with E-state index in [1.54, 1.807) is 14.2 Å². The fourth-order valence-electron chi connectivity index (χ4n) is 3.01. The summed E-state index contributed by atoms with van der Waals surface area (Å²) < 4.78 is 10.7. The average molecular weight is 332 g/mol. The number of aliphatic carboxylic acids is 1. The minimum atomic E-state index is -1.06. The molecule has 1 aromatic rings. The van der Waals surface area contributed by atoms with Gasteiger partial charge in [0, 0.05) is 24.1 Å². The van der Waals surface area contributed by atoms with Crippen LogP contribution >= 0.6 is 0 Å². The summed E-state index contributed by atoms with van der Waals surface area (Å²) in [6.45, 7) is 4.05. The highest BCUT2D eigenvalue weighted by molar-refractivity contribution is 6.01. The van der Waals surface area contributed by atoms with Crippen LogP contribution in [0.25, 0.3) is 0 Å². The molecule has 0 amide bonds. The number of allylic oxidation sites excluding steroid dienone is 2. The lowest BCUT2D eigenvalue weighted by atomic mass is 9.93. The summed E-state index contributed by atoms with van der Waals surface area (Å²) in [7, 11) is 3.36. The fourth-order valence-corrected chi connectivity index (χ4v) is 3.01. The van der Waals surface area contributed by atoms with Gasteiger partial charge in [-0.2, -0.15) is 0 Å². The molecule has 0 spiro atoms. The van der Waals surface area contributed by atoms with Crippen LogP contribution in [0.15, 0.2) is 11.6 Å². The van der Waals surface area contributed by atoms with Gasteiger partial charge >= 0.3 is 5.97 Å². The Kier molecular flexibility index (Phi) is 5.49. The van der Waals surface area contributed by atoms with Crippen molar-refractivity contribution < 1.29 is 24.2 Å². The molecule has 0 atom stereocenters. The van der Waals surface area contributed by atoms with Crippen molar-refractivity contribution in [3.63, 3.8) is 0 Å². The van der Waals surface area contributed by atoms with Gasteiger partial charge in [-0.15, -0.1) is 0 Å². The zero-order valence-corrected chi connectivity index (χ0v) is 14.4. The third-order valence-corrected chi connectivity index (χ3v) is 4.30. The Labute approximate surface area is 141 Å². The smallest absolute Gasteiger partial charge is 0.341 e. The van der Waals surface area contributed by atoms with Gasteiger partial charge in [0.25, 0.3) is 0 Å². The Morgan fingerprint density at radius 2 is 2.12 bits per heavy atom. The molecule has 1 N–H and O–H groups in total. The highest BCUT2D eigenvalue weighted by atomic mass is 16.5. The van der Waals surface area contributed by atoms with Crippen molar-refractivity contribution in [1.29, 1.82) is 0 Å². The van der Waals surface area contributed by atoms with Crippen LogP contribution in [0.1, 0.15) is 46.8 Å². The molecule has 0 saturated carbocycles. The third-order valence-electron chi connectivity index (χ3n) is 4.30. The second kappa shape index (κ2) is 7.38. The molecule has 1 aliphatic rings. The molecule has 6 nitrogen and oxygen atoms in total. The summed E-state index contributed by atoms with van der Waals surface area (Å²) in [5.41, 5.74) is 4.83. The van der Waals surface area contributed by atoms with Crippen molar-refractivity contribution in [2.75, 3.05) is 19.5 Å². The van der Waals surface area contributed by atoms with Crippen molar-refractivity contribution in [1.82, 2.24) is 0 Å². The molecule has 1 aliphatic heterocycles. The predicted molar refractivity (Wildman–Crippen MR) is 88.1 cm³/mol. The zero-order chi connectivity index (χ0) is 17.9. The Bertz CT molecular complexity index is 706. The minimum absolute atomic E-state index is 0.00606. The second-order valence-corrected chi connectivity index (χ2v) is 5.82. The Morgan fingerprint density at radius 3 is 2.71 bits per heavy atom. The molecule has 1 aromatic carbocycles. The van der Waals surface area contributed by atoms with E-state index in [0.29, 0.717) is 24.1 Å². The predicted octanol–water partition coefficient (Wildman–Crippen LogP) is 1.73. The Hall–Kier alpha value is -2.50. The monoisotopic (exact) mass is 332 g/mol. The first-order valence-electron chi connectivity index (χ1n) is 7.83. The molecule has 130 valence electrons. The molecule has 0 saturated heterocycles. The van der Waals surface area contributed by atoms with E-state index in [1.807, 2.05) is 19.9 Å². The fraction of sp³-hybridized carbons (Fsp3) is 0.444. The molecule has 0 aromatic heterocycles. The van der Waals surface area contributed by atoms with Crippen LogP contribution in [-0.4, -0.2) is 26.1 Å². The van der Waals surface area contributed by atoms with Crippen LogP contribution in [0.4, 0.5) is 5.69 Å². The van der Waals surface area contributed by atoms with Crippen molar-refractivity contribution in [3.8, 4) is 5.75 Å². The molecule has 2 rings (SSSR count). The first-order valence-corrected chi connectivity index (χ1v) is 7.83. The van der Waals surface area contributed by atoms with E-state index in [1.165, 1.54) is 0 Å². The van der Waals surface area contributed by atoms with Gasteiger partial charge in [-0.1, -0.05) is 11.6 Å². The third kappa shape index (κ3) is 3.37. The number of carbonyl (C=O) groups is 2. The Morgan fingerprint density at radius 1 is 1.42 bits per heavy atom. The molecule has 0 bridgehead atoms. The molecular formula is C18H22NO5-. The lowest BCUT2D eigenvalue weighted by Gasteiger charge is -2.19. The SMILES string of the molecule is CNc1c(C/C=C(\C)CCC(=O)[O-])c(OC)c(C)c2c1C(=O)OC2. The number of nitrogens with one attached hydrogen (secondary N) is 1. The highest BCUT2D eigenvalue weighted by Crippen LogP contribution is 2.41. The van der Waals surface area contributed by atoms with Crippen LogP contribution < -0.4 is 15.2 Å². The number of fused-ring (bicyclic) bond motifs is 1. The van der Waals surface area contributed by atoms with Crippen LogP contribution in [0.2, 0.25) is 0 Å². The number of carboxylic acid groups (broad SMARTS) is 1.